The lowest BCUT2D eigenvalue weighted by Crippen LogP contribution is -2.34. The second-order valence-corrected chi connectivity index (χ2v) is 17.5. The second kappa shape index (κ2) is 39.2. The summed E-state index contributed by atoms with van der Waals surface area (Å²) in [6.07, 6.45) is 38.2. The summed E-state index contributed by atoms with van der Waals surface area (Å²) < 4.78 is 13.8. The number of carbonyl (C=O) groups excluding carboxylic acids is 2. The number of aliphatic hydroxyl groups is 1. The predicted octanol–water partition coefficient (Wildman–Crippen LogP) is 13.6. The molecule has 1 aromatic heterocycles. The highest BCUT2D eigenvalue weighted by molar-refractivity contribution is 5.72. The minimum atomic E-state index is -0.439. The Labute approximate surface area is 358 Å². The number of rotatable bonds is 43. The fourth-order valence-corrected chi connectivity index (χ4v) is 8.20. The van der Waals surface area contributed by atoms with E-state index in [1.165, 1.54) is 103 Å². The van der Waals surface area contributed by atoms with Crippen LogP contribution in [0.5, 0.6) is 0 Å². The van der Waals surface area contributed by atoms with Gasteiger partial charge in [0.15, 0.2) is 0 Å². The molecule has 1 aromatic rings. The van der Waals surface area contributed by atoms with Gasteiger partial charge in [-0.3, -0.25) is 14.5 Å². The first kappa shape index (κ1) is 54.1. The minimum absolute atomic E-state index is 0.00753. The van der Waals surface area contributed by atoms with E-state index in [4.69, 9.17) is 9.47 Å². The maximum atomic E-state index is 13.1. The van der Waals surface area contributed by atoms with Gasteiger partial charge in [0.05, 0.1) is 37.7 Å². The summed E-state index contributed by atoms with van der Waals surface area (Å²) in [5.41, 5.74) is 0. The Hall–Kier alpha value is -1.93. The van der Waals surface area contributed by atoms with Crippen LogP contribution in [-0.4, -0.2) is 63.9 Å². The number of aliphatic hydroxyl groups excluding tert-OH is 1. The highest BCUT2D eigenvalue weighted by Gasteiger charge is 2.21. The fraction of sp³-hybridized carbons (Fsp3) is 0.900. The van der Waals surface area contributed by atoms with Crippen molar-refractivity contribution >= 4 is 11.9 Å². The second-order valence-electron chi connectivity index (χ2n) is 17.5. The molecule has 0 aromatic carbocycles. The molecule has 0 aliphatic rings. The first-order valence-corrected chi connectivity index (χ1v) is 25.1. The number of hydrogen-bond acceptors (Lipinski definition) is 7. The number of nitrogens with zero attached hydrogens (tertiary/aromatic N) is 3. The van der Waals surface area contributed by atoms with Crippen LogP contribution in [0.1, 0.15) is 239 Å². The molecular formula is C50H95N3O5. The Morgan fingerprint density at radius 1 is 0.569 bits per heavy atom. The number of imidazole rings is 1. The largest absolute Gasteiger partial charge is 0.465 e. The number of hydrogen-bond donors (Lipinski definition) is 1. The lowest BCUT2D eigenvalue weighted by molar-refractivity contribution is -0.150. The van der Waals surface area contributed by atoms with Crippen molar-refractivity contribution in [2.45, 2.75) is 253 Å². The van der Waals surface area contributed by atoms with Crippen molar-refractivity contribution in [3.05, 3.63) is 18.2 Å². The molecular weight excluding hydrogens is 723 g/mol. The number of esters is 2. The Bertz CT molecular complexity index is 1060. The average Bonchev–Trinajstić information content (AvgIpc) is 3.68. The molecule has 58 heavy (non-hydrogen) atoms. The molecule has 0 saturated heterocycles. The molecule has 1 rings (SSSR count). The van der Waals surface area contributed by atoms with Gasteiger partial charge in [-0.1, -0.05) is 169 Å². The van der Waals surface area contributed by atoms with Crippen LogP contribution < -0.4 is 0 Å². The molecule has 0 aliphatic heterocycles. The van der Waals surface area contributed by atoms with E-state index in [-0.39, 0.29) is 23.8 Å². The molecule has 3 unspecified atom stereocenters. The van der Waals surface area contributed by atoms with Crippen molar-refractivity contribution in [3.63, 3.8) is 0 Å². The van der Waals surface area contributed by atoms with Crippen LogP contribution in [0.4, 0.5) is 0 Å². The summed E-state index contributed by atoms with van der Waals surface area (Å²) in [6, 6.07) is 0. The Kier molecular flexibility index (Phi) is 36.6. The van der Waals surface area contributed by atoms with Crippen LogP contribution in [0.3, 0.4) is 0 Å². The van der Waals surface area contributed by atoms with E-state index in [2.05, 4.69) is 49.1 Å². The highest BCUT2D eigenvalue weighted by atomic mass is 16.5. The van der Waals surface area contributed by atoms with E-state index >= 15 is 0 Å². The van der Waals surface area contributed by atoms with Gasteiger partial charge in [-0.15, -0.1) is 0 Å². The van der Waals surface area contributed by atoms with Gasteiger partial charge in [0.1, 0.15) is 5.82 Å². The van der Waals surface area contributed by atoms with E-state index in [1.54, 1.807) is 0 Å². The molecule has 0 spiro atoms. The average molecular weight is 818 g/mol. The summed E-state index contributed by atoms with van der Waals surface area (Å²) in [4.78, 5) is 33.1. The molecule has 0 amide bonds. The predicted molar refractivity (Wildman–Crippen MR) is 244 cm³/mol. The maximum absolute atomic E-state index is 13.1. The zero-order chi connectivity index (χ0) is 42.3. The molecule has 3 atom stereocenters. The number of aryl methyl sites for hydroxylation is 1. The maximum Gasteiger partial charge on any atom is 0.308 e. The normalized spacial score (nSPS) is 13.2. The standard InChI is InChI=1S/C50H95N3O5/c1-6-11-15-19-21-27-35-45(33-25-17-13-8-3)49(55)57-41-31-24-23-30-39-52(44-48-51-38-40-53(48)10-5)43-47(54)37-29-32-42-58-50(56)46(34-26-18-14-9-4)36-28-22-20-16-12-7-2/h38,40,45-47,54H,6-37,39,41-44H2,1-5H3. The van der Waals surface area contributed by atoms with E-state index in [0.717, 1.165) is 109 Å². The lowest BCUT2D eigenvalue weighted by Gasteiger charge is -2.25. The van der Waals surface area contributed by atoms with Gasteiger partial charge in [0, 0.05) is 25.5 Å². The van der Waals surface area contributed by atoms with Crippen molar-refractivity contribution in [2.24, 2.45) is 11.8 Å². The molecule has 0 bridgehead atoms. The van der Waals surface area contributed by atoms with Crippen molar-refractivity contribution in [3.8, 4) is 0 Å². The van der Waals surface area contributed by atoms with Crippen LogP contribution in [0.15, 0.2) is 12.4 Å². The summed E-state index contributed by atoms with van der Waals surface area (Å²) >= 11 is 0. The number of carbonyl (C=O) groups is 2. The number of aromatic nitrogens is 2. The van der Waals surface area contributed by atoms with Crippen molar-refractivity contribution in [2.75, 3.05) is 26.3 Å². The van der Waals surface area contributed by atoms with E-state index in [1.807, 2.05) is 12.4 Å². The fourth-order valence-electron chi connectivity index (χ4n) is 8.20. The van der Waals surface area contributed by atoms with Gasteiger partial charge in [-0.2, -0.15) is 0 Å². The monoisotopic (exact) mass is 818 g/mol. The van der Waals surface area contributed by atoms with Crippen LogP contribution in [-0.2, 0) is 32.2 Å². The molecule has 8 heteroatoms. The van der Waals surface area contributed by atoms with Gasteiger partial charge < -0.3 is 19.1 Å². The molecule has 0 saturated carbocycles. The van der Waals surface area contributed by atoms with Crippen LogP contribution in [0.2, 0.25) is 0 Å². The number of unbranched alkanes of at least 4 members (excludes halogenated alkanes) is 20. The Morgan fingerprint density at radius 2 is 0.966 bits per heavy atom. The van der Waals surface area contributed by atoms with Gasteiger partial charge in [-0.05, 0) is 71.3 Å². The van der Waals surface area contributed by atoms with Crippen molar-refractivity contribution in [1.82, 2.24) is 14.5 Å². The van der Waals surface area contributed by atoms with Crippen molar-refractivity contribution < 1.29 is 24.2 Å². The van der Waals surface area contributed by atoms with E-state index in [9.17, 15) is 14.7 Å². The highest BCUT2D eigenvalue weighted by Crippen LogP contribution is 2.22. The topological polar surface area (TPSA) is 93.9 Å². The van der Waals surface area contributed by atoms with E-state index < -0.39 is 6.10 Å². The molecule has 0 aliphatic carbocycles. The summed E-state index contributed by atoms with van der Waals surface area (Å²) in [5.74, 6) is 1.15. The van der Waals surface area contributed by atoms with Gasteiger partial charge in [0.25, 0.3) is 0 Å². The Balaban J connectivity index is 2.49. The Morgan fingerprint density at radius 3 is 1.45 bits per heavy atom. The molecule has 0 fully saturated rings. The van der Waals surface area contributed by atoms with Gasteiger partial charge >= 0.3 is 11.9 Å². The zero-order valence-corrected chi connectivity index (χ0v) is 39.0. The zero-order valence-electron chi connectivity index (χ0n) is 39.0. The van der Waals surface area contributed by atoms with Crippen molar-refractivity contribution in [1.29, 1.82) is 0 Å². The molecule has 340 valence electrons. The molecule has 1 N–H and O–H groups in total. The van der Waals surface area contributed by atoms with Gasteiger partial charge in [-0.25, -0.2) is 4.98 Å². The van der Waals surface area contributed by atoms with Crippen LogP contribution >= 0.6 is 0 Å². The van der Waals surface area contributed by atoms with E-state index in [0.29, 0.717) is 32.7 Å². The molecule has 1 heterocycles. The summed E-state index contributed by atoms with van der Waals surface area (Å²) in [6.45, 7) is 15.1. The molecule has 0 radical (unpaired) electrons. The SMILES string of the molecule is CCCCCCCCC(CCCCCC)C(=O)OCCCCCCN(Cc1nccn1CC)CC(O)CCCCOC(=O)C(CCCCCC)CCCCCCCC. The smallest absolute Gasteiger partial charge is 0.308 e. The molecule has 8 nitrogen and oxygen atoms in total. The first-order chi connectivity index (χ1) is 28.4. The first-order valence-electron chi connectivity index (χ1n) is 25.1. The third-order valence-corrected chi connectivity index (χ3v) is 12.1. The summed E-state index contributed by atoms with van der Waals surface area (Å²) in [5, 5.41) is 11.1. The van der Waals surface area contributed by atoms with Crippen LogP contribution in [0.25, 0.3) is 0 Å². The quantitative estimate of drug-likeness (QED) is 0.0518. The summed E-state index contributed by atoms with van der Waals surface area (Å²) in [7, 11) is 0. The minimum Gasteiger partial charge on any atom is -0.465 e. The third-order valence-electron chi connectivity index (χ3n) is 12.1. The third kappa shape index (κ3) is 29.3. The number of ether oxygens (including phenoxy) is 2. The van der Waals surface area contributed by atoms with Crippen LogP contribution in [0, 0.1) is 11.8 Å². The van der Waals surface area contributed by atoms with Gasteiger partial charge in [0.2, 0.25) is 0 Å². The lowest BCUT2D eigenvalue weighted by atomic mass is 9.94.